The first kappa shape index (κ1) is 17.8. The van der Waals surface area contributed by atoms with Crippen LogP contribution in [-0.4, -0.2) is 50.9 Å². The molecule has 3 aromatic rings. The topological polar surface area (TPSA) is 106 Å². The normalized spacial score (nSPS) is 23.9. The maximum absolute atomic E-state index is 14.1. The number of carbonyl (C=O) groups excluding carboxylic acids is 1. The largest absolute Gasteiger partial charge is 0.371 e. The zero-order valence-electron chi connectivity index (χ0n) is 15.7. The van der Waals surface area contributed by atoms with Gasteiger partial charge in [0.15, 0.2) is 17.0 Å². The number of nitrogens with one attached hydrogen (secondary N) is 3. The Hall–Kier alpha value is -3.27. The summed E-state index contributed by atoms with van der Waals surface area (Å²) in [6.07, 6.45) is 0.444. The van der Waals surface area contributed by atoms with E-state index in [9.17, 15) is 9.18 Å². The molecular weight excluding hydrogens is 377 g/mol. The summed E-state index contributed by atoms with van der Waals surface area (Å²) in [7, 11) is 1.73. The molecule has 3 N–H and O–H groups in total. The monoisotopic (exact) mass is 397 g/mol. The van der Waals surface area contributed by atoms with Crippen LogP contribution in [0.5, 0.6) is 0 Å². The van der Waals surface area contributed by atoms with Crippen LogP contribution in [0.3, 0.4) is 0 Å². The Morgan fingerprint density at radius 2 is 2.21 bits per heavy atom. The summed E-state index contributed by atoms with van der Waals surface area (Å²) >= 11 is 0. The van der Waals surface area contributed by atoms with Gasteiger partial charge in [0.2, 0.25) is 5.95 Å². The van der Waals surface area contributed by atoms with Crippen molar-refractivity contribution in [1.29, 1.82) is 0 Å². The molecule has 4 bridgehead atoms. The van der Waals surface area contributed by atoms with Gasteiger partial charge in [-0.15, -0.1) is 0 Å². The van der Waals surface area contributed by atoms with E-state index in [0.717, 1.165) is 11.3 Å². The number of hydrogen-bond donors (Lipinski definition) is 3. The molecule has 5 rings (SSSR count). The smallest absolute Gasteiger partial charge is 0.328 e. The van der Waals surface area contributed by atoms with Crippen LogP contribution in [-0.2, 0) is 11.3 Å². The Kier molecular flexibility index (Phi) is 4.27. The van der Waals surface area contributed by atoms with E-state index >= 15 is 0 Å². The third-order valence-corrected chi connectivity index (χ3v) is 5.25. The molecule has 3 atom stereocenters. The standard InChI is InChI=1S/C19H20FN7O2/c1-21-16-15-17-26-18(25-16)23-12-4-2-3-10(5-12)8-29-14-7-11(20)6-13(14)24-19(28)27(17)9-22-15/h2-5,9,11,13-14H,6-8H2,1H3,(H,24,28)(H2,21,23,25,26)/t11-,13?,14?/m1/s1. The van der Waals surface area contributed by atoms with Gasteiger partial charge in [0.25, 0.3) is 0 Å². The van der Waals surface area contributed by atoms with Crippen LogP contribution in [0.15, 0.2) is 30.6 Å². The summed E-state index contributed by atoms with van der Waals surface area (Å²) in [5.41, 5.74) is 2.53. The highest BCUT2D eigenvalue weighted by Crippen LogP contribution is 2.28. The van der Waals surface area contributed by atoms with Crippen LogP contribution in [0.1, 0.15) is 18.4 Å². The number of halogens is 1. The van der Waals surface area contributed by atoms with E-state index in [1.54, 1.807) is 7.05 Å². The van der Waals surface area contributed by atoms with Crippen molar-refractivity contribution in [1.82, 2.24) is 24.8 Å². The van der Waals surface area contributed by atoms with Gasteiger partial charge in [-0.1, -0.05) is 12.1 Å². The molecule has 1 fully saturated rings. The highest BCUT2D eigenvalue weighted by molar-refractivity contribution is 5.92. The lowest BCUT2D eigenvalue weighted by atomic mass is 10.2. The SMILES string of the molecule is CNc1nc2nc3c1ncn3C(=O)NC1C[C@@H](F)CC1OCc1cccc(c1)N2. The van der Waals surface area contributed by atoms with Crippen LogP contribution in [0, 0.1) is 0 Å². The van der Waals surface area contributed by atoms with Crippen LogP contribution in [0.25, 0.3) is 11.2 Å². The molecule has 3 heterocycles. The van der Waals surface area contributed by atoms with Crippen LogP contribution >= 0.6 is 0 Å². The Morgan fingerprint density at radius 3 is 3.07 bits per heavy atom. The summed E-state index contributed by atoms with van der Waals surface area (Å²) in [5.74, 6) is 0.826. The summed E-state index contributed by atoms with van der Waals surface area (Å²) in [6, 6.07) is 6.81. The second-order valence-electron chi connectivity index (χ2n) is 7.23. The maximum atomic E-state index is 14.1. The fourth-order valence-electron chi connectivity index (χ4n) is 3.85. The molecule has 2 unspecified atom stereocenters. The van der Waals surface area contributed by atoms with Crippen molar-refractivity contribution < 1.29 is 13.9 Å². The van der Waals surface area contributed by atoms with Crippen molar-refractivity contribution in [2.75, 3.05) is 17.7 Å². The predicted molar refractivity (Wildman–Crippen MR) is 105 cm³/mol. The maximum Gasteiger partial charge on any atom is 0.328 e. The van der Waals surface area contributed by atoms with Crippen molar-refractivity contribution in [3.8, 4) is 0 Å². The molecule has 2 aliphatic rings. The van der Waals surface area contributed by atoms with Gasteiger partial charge in [0.05, 0.1) is 18.8 Å². The molecule has 9 nitrogen and oxygen atoms in total. The van der Waals surface area contributed by atoms with E-state index in [1.807, 2.05) is 24.3 Å². The van der Waals surface area contributed by atoms with E-state index in [1.165, 1.54) is 10.9 Å². The minimum atomic E-state index is -1.02. The Labute approximate surface area is 165 Å². The number of imidazole rings is 1. The molecule has 1 aliphatic heterocycles. The number of anilines is 3. The summed E-state index contributed by atoms with van der Waals surface area (Å²) in [4.78, 5) is 26.1. The molecule has 0 spiro atoms. The second-order valence-corrected chi connectivity index (χ2v) is 7.23. The first-order valence-corrected chi connectivity index (χ1v) is 9.46. The first-order chi connectivity index (χ1) is 14.1. The number of benzene rings is 1. The van der Waals surface area contributed by atoms with Gasteiger partial charge in [-0.3, -0.25) is 0 Å². The van der Waals surface area contributed by atoms with Crippen LogP contribution in [0.2, 0.25) is 0 Å². The number of rotatable bonds is 1. The average molecular weight is 397 g/mol. The molecule has 10 heteroatoms. The molecule has 1 amide bonds. The van der Waals surface area contributed by atoms with Gasteiger partial charge in [-0.05, 0) is 17.7 Å². The van der Waals surface area contributed by atoms with Crippen molar-refractivity contribution in [3.05, 3.63) is 36.2 Å². The van der Waals surface area contributed by atoms with E-state index in [-0.39, 0.29) is 12.8 Å². The number of nitrogens with zero attached hydrogens (tertiary/aromatic N) is 4. The number of fused-ring (bicyclic) bond motifs is 4. The van der Waals surface area contributed by atoms with Crippen molar-refractivity contribution in [2.45, 2.75) is 37.8 Å². The number of hydrogen-bond acceptors (Lipinski definition) is 7. The fourth-order valence-corrected chi connectivity index (χ4v) is 3.85. The fraction of sp³-hybridized carbons (Fsp3) is 0.368. The second kappa shape index (κ2) is 6.96. The number of amides is 1. The van der Waals surface area contributed by atoms with Gasteiger partial charge in [0, 0.05) is 25.6 Å². The number of ether oxygens (including phenoxy) is 1. The van der Waals surface area contributed by atoms with Crippen molar-refractivity contribution in [2.24, 2.45) is 0 Å². The molecule has 1 saturated carbocycles. The van der Waals surface area contributed by atoms with E-state index in [2.05, 4.69) is 30.9 Å². The van der Waals surface area contributed by atoms with Gasteiger partial charge < -0.3 is 20.7 Å². The van der Waals surface area contributed by atoms with E-state index < -0.39 is 24.3 Å². The van der Waals surface area contributed by atoms with Crippen LogP contribution < -0.4 is 16.0 Å². The Morgan fingerprint density at radius 1 is 1.31 bits per heavy atom. The first-order valence-electron chi connectivity index (χ1n) is 9.46. The lowest BCUT2D eigenvalue weighted by Crippen LogP contribution is -2.43. The molecule has 0 radical (unpaired) electrons. The van der Waals surface area contributed by atoms with Gasteiger partial charge in [-0.25, -0.2) is 18.7 Å². The zero-order valence-corrected chi connectivity index (χ0v) is 15.7. The number of alkyl halides is 1. The Balaban J connectivity index is 1.63. The minimum Gasteiger partial charge on any atom is -0.371 e. The third kappa shape index (κ3) is 3.25. The molecule has 29 heavy (non-hydrogen) atoms. The van der Waals surface area contributed by atoms with Crippen molar-refractivity contribution in [3.63, 3.8) is 0 Å². The third-order valence-electron chi connectivity index (χ3n) is 5.25. The van der Waals surface area contributed by atoms with E-state index in [0.29, 0.717) is 29.5 Å². The van der Waals surface area contributed by atoms with Gasteiger partial charge in [-0.2, -0.15) is 9.97 Å². The van der Waals surface area contributed by atoms with Crippen LogP contribution in [0.4, 0.5) is 26.6 Å². The summed E-state index contributed by atoms with van der Waals surface area (Å²) < 4.78 is 21.4. The lowest BCUT2D eigenvalue weighted by molar-refractivity contribution is 0.0273. The summed E-state index contributed by atoms with van der Waals surface area (Å²) in [6.45, 7) is 0.317. The van der Waals surface area contributed by atoms with Crippen molar-refractivity contribution >= 4 is 34.6 Å². The molecule has 1 aromatic carbocycles. The van der Waals surface area contributed by atoms with E-state index in [4.69, 9.17) is 4.74 Å². The number of aromatic nitrogens is 4. The Bertz CT molecular complexity index is 1090. The lowest BCUT2D eigenvalue weighted by Gasteiger charge is -2.22. The molecule has 2 aromatic heterocycles. The quantitative estimate of drug-likeness (QED) is 0.579. The zero-order chi connectivity index (χ0) is 20.0. The number of carbonyl (C=O) groups is 1. The average Bonchev–Trinajstić information content (AvgIpc) is 3.28. The molecular formula is C19H20FN7O2. The molecule has 0 saturated heterocycles. The predicted octanol–water partition coefficient (Wildman–Crippen LogP) is 2.57. The molecule has 150 valence electrons. The highest BCUT2D eigenvalue weighted by Gasteiger charge is 2.36. The van der Waals surface area contributed by atoms with Gasteiger partial charge >= 0.3 is 6.03 Å². The molecule has 1 aliphatic carbocycles. The minimum absolute atomic E-state index is 0.215. The highest BCUT2D eigenvalue weighted by atomic mass is 19.1. The summed E-state index contributed by atoms with van der Waals surface area (Å²) in [5, 5.41) is 9.03. The van der Waals surface area contributed by atoms with Gasteiger partial charge in [0.1, 0.15) is 12.5 Å².